The van der Waals surface area contributed by atoms with Crippen LogP contribution in [0.1, 0.15) is 96.8 Å². The highest BCUT2D eigenvalue weighted by Crippen LogP contribution is 2.14. The van der Waals surface area contributed by atoms with Gasteiger partial charge in [-0.15, -0.1) is 0 Å². The number of hydrogen-bond acceptors (Lipinski definition) is 4. The van der Waals surface area contributed by atoms with Crippen molar-refractivity contribution in [2.24, 2.45) is 0 Å². The van der Waals surface area contributed by atoms with Gasteiger partial charge in [-0.25, -0.2) is 0 Å². The molecule has 0 saturated carbocycles. The largest absolute Gasteiger partial charge is 0.469 e. The molecule has 138 valence electrons. The maximum absolute atomic E-state index is 10.9. The Labute approximate surface area is 142 Å². The van der Waals surface area contributed by atoms with Crippen molar-refractivity contribution in [3.8, 4) is 0 Å². The molecule has 0 aliphatic heterocycles. The van der Waals surface area contributed by atoms with Crippen LogP contribution in [0, 0.1) is 0 Å². The summed E-state index contributed by atoms with van der Waals surface area (Å²) in [6.45, 7) is 2.14. The number of ether oxygens (including phenoxy) is 1. The van der Waals surface area contributed by atoms with Crippen molar-refractivity contribution in [3.05, 3.63) is 0 Å². The van der Waals surface area contributed by atoms with E-state index in [-0.39, 0.29) is 18.2 Å². The summed E-state index contributed by atoms with van der Waals surface area (Å²) in [6, 6.07) is 0. The van der Waals surface area contributed by atoms with Gasteiger partial charge in [-0.3, -0.25) is 4.79 Å². The lowest BCUT2D eigenvalue weighted by Gasteiger charge is -2.12. The molecule has 0 spiro atoms. The zero-order valence-electron chi connectivity index (χ0n) is 15.3. The van der Waals surface area contributed by atoms with Crippen LogP contribution in [0.3, 0.4) is 0 Å². The number of esters is 1. The summed E-state index contributed by atoms with van der Waals surface area (Å²) in [5.41, 5.74) is 0. The highest BCUT2D eigenvalue weighted by Gasteiger charge is 2.06. The molecule has 0 fully saturated rings. The Morgan fingerprint density at radius 1 is 0.783 bits per heavy atom. The minimum absolute atomic E-state index is 0.125. The van der Waals surface area contributed by atoms with Crippen LogP contribution < -0.4 is 0 Å². The predicted octanol–water partition coefficient (Wildman–Crippen LogP) is 4.36. The van der Waals surface area contributed by atoms with Crippen LogP contribution in [-0.2, 0) is 9.53 Å². The number of methoxy groups -OCH3 is 1. The first-order valence-electron chi connectivity index (χ1n) is 9.53. The van der Waals surface area contributed by atoms with E-state index < -0.39 is 0 Å². The molecule has 4 nitrogen and oxygen atoms in total. The highest BCUT2D eigenvalue weighted by atomic mass is 16.5. The van der Waals surface area contributed by atoms with Gasteiger partial charge in [0.05, 0.1) is 19.3 Å². The summed E-state index contributed by atoms with van der Waals surface area (Å²) in [4.78, 5) is 10.9. The molecule has 2 unspecified atom stereocenters. The van der Waals surface area contributed by atoms with Gasteiger partial charge in [-0.05, 0) is 32.1 Å². The molecular weight excluding hydrogens is 292 g/mol. The van der Waals surface area contributed by atoms with Crippen LogP contribution >= 0.6 is 0 Å². The molecule has 0 saturated heterocycles. The maximum Gasteiger partial charge on any atom is 0.305 e. The van der Waals surface area contributed by atoms with E-state index in [9.17, 15) is 15.0 Å². The Bertz CT molecular complexity index is 268. The van der Waals surface area contributed by atoms with Crippen molar-refractivity contribution in [1.82, 2.24) is 0 Å². The van der Waals surface area contributed by atoms with E-state index in [2.05, 4.69) is 11.7 Å². The Morgan fingerprint density at radius 2 is 1.22 bits per heavy atom. The highest BCUT2D eigenvalue weighted by molar-refractivity contribution is 5.68. The molecule has 0 rings (SSSR count). The zero-order valence-corrected chi connectivity index (χ0v) is 15.3. The Balaban J connectivity index is 3.30. The van der Waals surface area contributed by atoms with Gasteiger partial charge in [0.2, 0.25) is 0 Å². The number of aliphatic hydroxyl groups excluding tert-OH is 2. The third-order valence-electron chi connectivity index (χ3n) is 4.36. The van der Waals surface area contributed by atoms with Gasteiger partial charge in [0, 0.05) is 6.42 Å². The van der Waals surface area contributed by atoms with Crippen LogP contribution in [0.25, 0.3) is 0 Å². The molecule has 0 bridgehead atoms. The van der Waals surface area contributed by atoms with Crippen molar-refractivity contribution in [1.29, 1.82) is 0 Å². The molecule has 0 aromatic rings. The lowest BCUT2D eigenvalue weighted by Crippen LogP contribution is -2.08. The van der Waals surface area contributed by atoms with E-state index >= 15 is 0 Å². The van der Waals surface area contributed by atoms with E-state index in [4.69, 9.17) is 0 Å². The molecule has 2 atom stereocenters. The first-order valence-corrected chi connectivity index (χ1v) is 9.53. The van der Waals surface area contributed by atoms with E-state index in [0.717, 1.165) is 83.5 Å². The average molecular weight is 331 g/mol. The second kappa shape index (κ2) is 16.3. The van der Waals surface area contributed by atoms with Crippen LogP contribution in [-0.4, -0.2) is 35.5 Å². The Kier molecular flexibility index (Phi) is 15.8. The van der Waals surface area contributed by atoms with Gasteiger partial charge in [0.25, 0.3) is 0 Å². The SMILES string of the molecule is CCCCC(O)CCCCC(O)CCCCCCCC(=O)OC. The van der Waals surface area contributed by atoms with Gasteiger partial charge in [-0.1, -0.05) is 58.3 Å². The number of hydrogen-bond donors (Lipinski definition) is 2. The standard InChI is InChI=1S/C19H38O4/c1-3-4-12-17(20)14-10-11-15-18(21)13-8-6-5-7-9-16-19(22)23-2/h17-18,20-21H,3-16H2,1-2H3. The number of carbonyl (C=O) groups excluding carboxylic acids is 1. The van der Waals surface area contributed by atoms with E-state index in [1.165, 1.54) is 7.11 Å². The van der Waals surface area contributed by atoms with Crippen molar-refractivity contribution < 1.29 is 19.7 Å². The first-order chi connectivity index (χ1) is 11.1. The normalized spacial score (nSPS) is 13.7. The van der Waals surface area contributed by atoms with Crippen molar-refractivity contribution in [2.45, 2.75) is 109 Å². The number of rotatable bonds is 16. The van der Waals surface area contributed by atoms with E-state index in [1.807, 2.05) is 0 Å². The van der Waals surface area contributed by atoms with Gasteiger partial charge >= 0.3 is 5.97 Å². The van der Waals surface area contributed by atoms with Crippen LogP contribution in [0.15, 0.2) is 0 Å². The zero-order chi connectivity index (χ0) is 17.3. The summed E-state index contributed by atoms with van der Waals surface area (Å²) in [7, 11) is 1.43. The smallest absolute Gasteiger partial charge is 0.305 e. The monoisotopic (exact) mass is 330 g/mol. The molecule has 0 aliphatic rings. The van der Waals surface area contributed by atoms with Gasteiger partial charge in [0.15, 0.2) is 0 Å². The fraction of sp³-hybridized carbons (Fsp3) is 0.947. The molecule has 0 aromatic heterocycles. The molecular formula is C19H38O4. The van der Waals surface area contributed by atoms with Crippen LogP contribution in [0.4, 0.5) is 0 Å². The summed E-state index contributed by atoms with van der Waals surface area (Å²) in [5.74, 6) is -0.125. The predicted molar refractivity (Wildman–Crippen MR) is 94.3 cm³/mol. The van der Waals surface area contributed by atoms with Crippen LogP contribution in [0.2, 0.25) is 0 Å². The Morgan fingerprint density at radius 3 is 1.74 bits per heavy atom. The van der Waals surface area contributed by atoms with Gasteiger partial charge in [-0.2, -0.15) is 0 Å². The average Bonchev–Trinajstić information content (AvgIpc) is 2.55. The molecule has 0 heterocycles. The summed E-state index contributed by atoms with van der Waals surface area (Å²) >= 11 is 0. The molecule has 23 heavy (non-hydrogen) atoms. The third-order valence-corrected chi connectivity index (χ3v) is 4.36. The van der Waals surface area contributed by atoms with E-state index in [0.29, 0.717) is 6.42 Å². The molecule has 0 aliphatic carbocycles. The number of carbonyl (C=O) groups is 1. The Hall–Kier alpha value is -0.610. The fourth-order valence-electron chi connectivity index (χ4n) is 2.77. The minimum Gasteiger partial charge on any atom is -0.469 e. The topological polar surface area (TPSA) is 66.8 Å². The lowest BCUT2D eigenvalue weighted by molar-refractivity contribution is -0.140. The maximum atomic E-state index is 10.9. The van der Waals surface area contributed by atoms with E-state index in [1.54, 1.807) is 0 Å². The molecule has 0 aromatic carbocycles. The summed E-state index contributed by atoms with van der Waals surface area (Å²) < 4.78 is 4.60. The quantitative estimate of drug-likeness (QED) is 0.326. The van der Waals surface area contributed by atoms with Gasteiger partial charge in [0.1, 0.15) is 0 Å². The fourth-order valence-corrected chi connectivity index (χ4v) is 2.77. The number of unbranched alkanes of at least 4 members (excludes halogenated alkanes) is 6. The first kappa shape index (κ1) is 22.4. The lowest BCUT2D eigenvalue weighted by atomic mass is 10.0. The molecule has 0 radical (unpaired) electrons. The second-order valence-electron chi connectivity index (χ2n) is 6.62. The van der Waals surface area contributed by atoms with Crippen molar-refractivity contribution in [3.63, 3.8) is 0 Å². The molecule has 2 N–H and O–H groups in total. The second-order valence-corrected chi connectivity index (χ2v) is 6.62. The molecule has 4 heteroatoms. The van der Waals surface area contributed by atoms with Crippen molar-refractivity contribution in [2.75, 3.05) is 7.11 Å². The summed E-state index contributed by atoms with van der Waals surface area (Å²) in [5, 5.41) is 19.7. The van der Waals surface area contributed by atoms with Gasteiger partial charge < -0.3 is 14.9 Å². The minimum atomic E-state index is -0.196. The van der Waals surface area contributed by atoms with Crippen molar-refractivity contribution >= 4 is 5.97 Å². The third kappa shape index (κ3) is 16.0. The summed E-state index contributed by atoms with van der Waals surface area (Å²) in [6.07, 6.45) is 13.2. The van der Waals surface area contributed by atoms with Crippen LogP contribution in [0.5, 0.6) is 0 Å². The molecule has 0 amide bonds. The number of aliphatic hydroxyl groups is 2.